The topological polar surface area (TPSA) is 58.2 Å². The molecule has 0 aliphatic heterocycles. The zero-order valence-corrected chi connectivity index (χ0v) is 15.7. The van der Waals surface area contributed by atoms with Gasteiger partial charge in [-0.25, -0.2) is 0 Å². The van der Waals surface area contributed by atoms with Crippen molar-refractivity contribution in [2.75, 3.05) is 13.1 Å². The molecule has 0 aliphatic rings. The van der Waals surface area contributed by atoms with E-state index in [1.807, 2.05) is 0 Å². The Balaban J connectivity index is 3.85. The third-order valence-corrected chi connectivity index (χ3v) is 4.49. The normalized spacial score (nSPS) is 13.4. The summed E-state index contributed by atoms with van der Waals surface area (Å²) in [5, 5.41) is 6.01. The van der Waals surface area contributed by atoms with Crippen molar-refractivity contribution < 1.29 is 9.59 Å². The fraction of sp³-hybridized carbons (Fsp3) is 0.895. The van der Waals surface area contributed by atoms with Gasteiger partial charge in [0.25, 0.3) is 0 Å². The summed E-state index contributed by atoms with van der Waals surface area (Å²) < 4.78 is 0. The summed E-state index contributed by atoms with van der Waals surface area (Å²) >= 11 is 0. The van der Waals surface area contributed by atoms with Gasteiger partial charge in [-0.05, 0) is 32.1 Å². The predicted octanol–water partition coefficient (Wildman–Crippen LogP) is 4.04. The standard InChI is InChI=1S/C19H38N2O2/c1-5-9-12-16(7-3)18(22)20-14-11-15-21-19(23)17(8-4)13-10-6-2/h16-17H,5-15H2,1-4H3,(H,20,22)(H,21,23). The molecule has 2 atom stereocenters. The molecule has 0 saturated heterocycles. The first-order valence-electron chi connectivity index (χ1n) is 9.65. The van der Waals surface area contributed by atoms with Crippen LogP contribution in [-0.4, -0.2) is 24.9 Å². The first kappa shape index (κ1) is 21.9. The minimum absolute atomic E-state index is 0.142. The van der Waals surface area contributed by atoms with Gasteiger partial charge >= 0.3 is 0 Å². The first-order valence-corrected chi connectivity index (χ1v) is 9.65. The van der Waals surface area contributed by atoms with Gasteiger partial charge in [-0.1, -0.05) is 53.4 Å². The van der Waals surface area contributed by atoms with Crippen LogP contribution in [0.5, 0.6) is 0 Å². The average Bonchev–Trinajstić information content (AvgIpc) is 2.55. The number of hydrogen-bond acceptors (Lipinski definition) is 2. The second-order valence-electron chi connectivity index (χ2n) is 6.43. The molecule has 0 bridgehead atoms. The van der Waals surface area contributed by atoms with Crippen LogP contribution in [0.25, 0.3) is 0 Å². The van der Waals surface area contributed by atoms with Gasteiger partial charge in [-0.3, -0.25) is 9.59 Å². The number of rotatable bonds is 14. The van der Waals surface area contributed by atoms with Crippen LogP contribution < -0.4 is 10.6 Å². The summed E-state index contributed by atoms with van der Waals surface area (Å²) in [6, 6.07) is 0. The summed E-state index contributed by atoms with van der Waals surface area (Å²) in [5.41, 5.74) is 0. The van der Waals surface area contributed by atoms with E-state index in [2.05, 4.69) is 38.3 Å². The Bertz CT molecular complexity index is 288. The summed E-state index contributed by atoms with van der Waals surface area (Å²) in [6.07, 6.45) is 9.04. The molecule has 4 nitrogen and oxygen atoms in total. The molecule has 0 aromatic heterocycles. The third-order valence-electron chi connectivity index (χ3n) is 4.49. The number of nitrogens with one attached hydrogen (secondary N) is 2. The van der Waals surface area contributed by atoms with Crippen LogP contribution in [0, 0.1) is 11.8 Å². The number of carbonyl (C=O) groups is 2. The monoisotopic (exact) mass is 326 g/mol. The Labute approximate surface area is 143 Å². The first-order chi connectivity index (χ1) is 11.1. The van der Waals surface area contributed by atoms with Gasteiger partial charge < -0.3 is 10.6 Å². The van der Waals surface area contributed by atoms with E-state index < -0.39 is 0 Å². The maximum atomic E-state index is 12.1. The molecule has 23 heavy (non-hydrogen) atoms. The lowest BCUT2D eigenvalue weighted by molar-refractivity contribution is -0.125. The minimum Gasteiger partial charge on any atom is -0.356 e. The summed E-state index contributed by atoms with van der Waals surface area (Å²) in [6.45, 7) is 9.73. The van der Waals surface area contributed by atoms with Crippen molar-refractivity contribution in [1.82, 2.24) is 10.6 Å². The summed E-state index contributed by atoms with van der Waals surface area (Å²) in [7, 11) is 0. The third kappa shape index (κ3) is 10.4. The molecule has 2 amide bonds. The van der Waals surface area contributed by atoms with Gasteiger partial charge in [0.15, 0.2) is 0 Å². The van der Waals surface area contributed by atoms with Gasteiger partial charge in [0.1, 0.15) is 0 Å². The Morgan fingerprint density at radius 1 is 0.696 bits per heavy atom. The molecule has 0 saturated carbocycles. The summed E-state index contributed by atoms with van der Waals surface area (Å²) in [5.74, 6) is 0.620. The maximum absolute atomic E-state index is 12.1. The Morgan fingerprint density at radius 3 is 1.39 bits per heavy atom. The zero-order valence-electron chi connectivity index (χ0n) is 15.7. The van der Waals surface area contributed by atoms with Gasteiger partial charge in [0.05, 0.1) is 0 Å². The van der Waals surface area contributed by atoms with Crippen LogP contribution in [0.3, 0.4) is 0 Å². The van der Waals surface area contributed by atoms with E-state index in [0.717, 1.165) is 57.8 Å². The van der Waals surface area contributed by atoms with E-state index >= 15 is 0 Å². The smallest absolute Gasteiger partial charge is 0.223 e. The lowest BCUT2D eigenvalue weighted by Gasteiger charge is -2.16. The molecular formula is C19H38N2O2. The predicted molar refractivity (Wildman–Crippen MR) is 97.2 cm³/mol. The molecule has 0 aromatic rings. The highest BCUT2D eigenvalue weighted by atomic mass is 16.2. The van der Waals surface area contributed by atoms with Crippen LogP contribution in [-0.2, 0) is 9.59 Å². The van der Waals surface area contributed by atoms with E-state index in [9.17, 15) is 9.59 Å². The molecule has 0 aromatic carbocycles. The fourth-order valence-electron chi connectivity index (χ4n) is 2.74. The van der Waals surface area contributed by atoms with Crippen molar-refractivity contribution in [3.8, 4) is 0 Å². The van der Waals surface area contributed by atoms with Crippen LogP contribution in [0.2, 0.25) is 0 Å². The summed E-state index contributed by atoms with van der Waals surface area (Å²) in [4.78, 5) is 24.1. The molecule has 0 aliphatic carbocycles. The number of amides is 2. The van der Waals surface area contributed by atoms with E-state index in [1.165, 1.54) is 0 Å². The van der Waals surface area contributed by atoms with E-state index in [1.54, 1.807) is 0 Å². The molecule has 0 fully saturated rings. The second-order valence-corrected chi connectivity index (χ2v) is 6.43. The van der Waals surface area contributed by atoms with Crippen molar-refractivity contribution in [3.05, 3.63) is 0 Å². The molecular weight excluding hydrogens is 288 g/mol. The lowest BCUT2D eigenvalue weighted by Crippen LogP contribution is -2.35. The number of unbranched alkanes of at least 4 members (excludes halogenated alkanes) is 2. The Kier molecular flexibility index (Phi) is 13.9. The maximum Gasteiger partial charge on any atom is 0.223 e. The van der Waals surface area contributed by atoms with Crippen molar-refractivity contribution in [3.63, 3.8) is 0 Å². The highest BCUT2D eigenvalue weighted by Gasteiger charge is 2.16. The van der Waals surface area contributed by atoms with Crippen molar-refractivity contribution in [2.45, 2.75) is 85.5 Å². The molecule has 0 radical (unpaired) electrons. The van der Waals surface area contributed by atoms with Crippen molar-refractivity contribution >= 4 is 11.8 Å². The molecule has 0 heterocycles. The fourth-order valence-corrected chi connectivity index (χ4v) is 2.74. The second kappa shape index (κ2) is 14.5. The van der Waals surface area contributed by atoms with E-state index in [4.69, 9.17) is 0 Å². The molecule has 136 valence electrons. The molecule has 0 spiro atoms. The average molecular weight is 327 g/mol. The van der Waals surface area contributed by atoms with Gasteiger partial charge in [-0.15, -0.1) is 0 Å². The van der Waals surface area contributed by atoms with Gasteiger partial charge in [0, 0.05) is 24.9 Å². The lowest BCUT2D eigenvalue weighted by atomic mass is 9.98. The quantitative estimate of drug-likeness (QED) is 0.473. The largest absolute Gasteiger partial charge is 0.356 e. The highest BCUT2D eigenvalue weighted by Crippen LogP contribution is 2.13. The van der Waals surface area contributed by atoms with Gasteiger partial charge in [0.2, 0.25) is 11.8 Å². The van der Waals surface area contributed by atoms with E-state index in [-0.39, 0.29) is 23.7 Å². The van der Waals surface area contributed by atoms with Crippen molar-refractivity contribution in [1.29, 1.82) is 0 Å². The van der Waals surface area contributed by atoms with Gasteiger partial charge in [-0.2, -0.15) is 0 Å². The van der Waals surface area contributed by atoms with Crippen LogP contribution in [0.1, 0.15) is 85.5 Å². The van der Waals surface area contributed by atoms with Crippen LogP contribution >= 0.6 is 0 Å². The zero-order chi connectivity index (χ0) is 17.5. The molecule has 2 unspecified atom stereocenters. The van der Waals surface area contributed by atoms with Crippen molar-refractivity contribution in [2.24, 2.45) is 11.8 Å². The minimum atomic E-state index is 0.142. The molecule has 4 heteroatoms. The molecule has 2 N–H and O–H groups in total. The number of hydrogen-bond donors (Lipinski definition) is 2. The van der Waals surface area contributed by atoms with Crippen LogP contribution in [0.4, 0.5) is 0 Å². The SMILES string of the molecule is CCCCC(CC)C(=O)NCCCNC(=O)C(CC)CCCC. The Hall–Kier alpha value is -1.06. The highest BCUT2D eigenvalue weighted by molar-refractivity contribution is 5.79. The Morgan fingerprint density at radius 2 is 1.09 bits per heavy atom. The number of carbonyl (C=O) groups excluding carboxylic acids is 2. The van der Waals surface area contributed by atoms with Crippen LogP contribution in [0.15, 0.2) is 0 Å². The van der Waals surface area contributed by atoms with E-state index in [0.29, 0.717) is 13.1 Å². The molecule has 0 rings (SSSR count).